The van der Waals surface area contributed by atoms with E-state index in [0.717, 1.165) is 0 Å². The third kappa shape index (κ3) is 3.40. The summed E-state index contributed by atoms with van der Waals surface area (Å²) < 4.78 is 29.0. The Kier molecular flexibility index (Phi) is 5.50. The summed E-state index contributed by atoms with van der Waals surface area (Å²) in [6.45, 7) is 4.95. The number of Topliss-reactive ketones (excluding diaryl/α,β-unsaturated/α-hetero) is 1. The van der Waals surface area contributed by atoms with Crippen molar-refractivity contribution in [2.75, 3.05) is 0 Å². The maximum Gasteiger partial charge on any atom is 0.282 e. The van der Waals surface area contributed by atoms with Crippen LogP contribution in [0, 0.1) is 5.92 Å². The van der Waals surface area contributed by atoms with Gasteiger partial charge in [-0.25, -0.2) is 0 Å². The van der Waals surface area contributed by atoms with Crippen LogP contribution in [0.2, 0.25) is 0 Å². The van der Waals surface area contributed by atoms with Gasteiger partial charge in [0.15, 0.2) is 5.78 Å². The van der Waals surface area contributed by atoms with Crippen molar-refractivity contribution in [3.8, 4) is 0 Å². The lowest BCUT2D eigenvalue weighted by molar-refractivity contribution is -0.117. The maximum atomic E-state index is 12.6. The maximum absolute atomic E-state index is 12.6. The van der Waals surface area contributed by atoms with Gasteiger partial charge in [-0.05, 0) is 25.0 Å². The molecule has 0 saturated heterocycles. The lowest BCUT2D eigenvalue weighted by Gasteiger charge is -2.34. The van der Waals surface area contributed by atoms with Gasteiger partial charge in [-0.1, -0.05) is 43.6 Å². The Morgan fingerprint density at radius 3 is 2.25 bits per heavy atom. The van der Waals surface area contributed by atoms with Crippen molar-refractivity contribution >= 4 is 56.3 Å². The Balaban J connectivity index is 2.72. The highest BCUT2D eigenvalue weighted by molar-refractivity contribution is 7.90. The van der Waals surface area contributed by atoms with E-state index >= 15 is 0 Å². The molecule has 0 radical (unpaired) electrons. The van der Waals surface area contributed by atoms with Crippen LogP contribution in [-0.4, -0.2) is 30.2 Å². The summed E-state index contributed by atoms with van der Waals surface area (Å²) in [5, 5.41) is -1.24. The number of benzene rings is 1. The summed E-state index contributed by atoms with van der Waals surface area (Å²) in [7, 11) is -4.01. The highest BCUT2D eigenvalue weighted by atomic mass is 35.5. The number of sulfonamides is 1. The molecule has 130 valence electrons. The van der Waals surface area contributed by atoms with Gasteiger partial charge in [-0.3, -0.25) is 4.79 Å². The van der Waals surface area contributed by atoms with Crippen LogP contribution in [0.4, 0.5) is 0 Å². The lowest BCUT2D eigenvalue weighted by atomic mass is 9.82. The number of allylic oxidation sites excluding steroid dienone is 2. The Labute approximate surface area is 156 Å². The number of halogens is 3. The smallest absolute Gasteiger partial charge is 0.282 e. The highest BCUT2D eigenvalue weighted by Gasteiger charge is 2.49. The number of carbonyl (C=O) groups excluding carboxylic acids is 1. The van der Waals surface area contributed by atoms with Crippen molar-refractivity contribution in [2.45, 2.75) is 35.9 Å². The van der Waals surface area contributed by atoms with E-state index in [1.165, 1.54) is 19.1 Å². The zero-order valence-electron chi connectivity index (χ0n) is 13.3. The van der Waals surface area contributed by atoms with E-state index in [9.17, 15) is 13.2 Å². The van der Waals surface area contributed by atoms with Crippen molar-refractivity contribution < 1.29 is 13.2 Å². The fourth-order valence-electron chi connectivity index (χ4n) is 2.38. The van der Waals surface area contributed by atoms with Gasteiger partial charge in [0.1, 0.15) is 10.3 Å². The molecule has 0 fully saturated rings. The number of hydrogen-bond acceptors (Lipinski definition) is 3. The Morgan fingerprint density at radius 1 is 1.21 bits per heavy atom. The van der Waals surface area contributed by atoms with Crippen LogP contribution in [0.25, 0.3) is 0 Å². The minimum Gasteiger partial charge on any atom is -0.291 e. The van der Waals surface area contributed by atoms with Crippen LogP contribution in [-0.2, 0) is 14.8 Å². The minimum absolute atomic E-state index is 0.0117. The second-order valence-electron chi connectivity index (χ2n) is 5.91. The quantitative estimate of drug-likeness (QED) is 0.706. The lowest BCUT2D eigenvalue weighted by Crippen LogP contribution is -2.49. The van der Waals surface area contributed by atoms with Crippen LogP contribution >= 0.6 is 34.8 Å². The van der Waals surface area contributed by atoms with Crippen molar-refractivity contribution in [2.24, 2.45) is 10.3 Å². The summed E-state index contributed by atoms with van der Waals surface area (Å²) in [5.74, 6) is -0.786. The number of rotatable bonds is 3. The van der Waals surface area contributed by atoms with Gasteiger partial charge in [-0.15, -0.1) is 23.2 Å². The molecule has 0 heterocycles. The highest BCUT2D eigenvalue weighted by Crippen LogP contribution is 2.40. The molecule has 0 saturated carbocycles. The van der Waals surface area contributed by atoms with Crippen LogP contribution in [0.3, 0.4) is 0 Å². The third-order valence-electron chi connectivity index (χ3n) is 3.71. The third-order valence-corrected chi connectivity index (χ3v) is 6.53. The molecule has 2 atom stereocenters. The Bertz CT molecular complexity index is 827. The topological polar surface area (TPSA) is 63.6 Å². The molecule has 0 bridgehead atoms. The molecule has 0 spiro atoms. The first-order valence-corrected chi connectivity index (χ1v) is 9.81. The molecule has 0 aliphatic heterocycles. The average Bonchev–Trinajstić information content (AvgIpc) is 2.51. The number of alkyl halides is 2. The number of carbonyl (C=O) groups is 1. The second-order valence-corrected chi connectivity index (χ2v) is 9.12. The van der Waals surface area contributed by atoms with E-state index in [2.05, 4.69) is 4.40 Å². The number of nitrogens with zero attached hydrogens (tertiary/aromatic N) is 1. The molecule has 1 aliphatic carbocycles. The summed E-state index contributed by atoms with van der Waals surface area (Å²) in [4.78, 5) is 10.8. The van der Waals surface area contributed by atoms with Crippen molar-refractivity contribution in [1.29, 1.82) is 0 Å². The molecule has 1 aromatic carbocycles. The fourth-order valence-corrected chi connectivity index (χ4v) is 4.53. The minimum atomic E-state index is -4.01. The van der Waals surface area contributed by atoms with Crippen molar-refractivity contribution in [3.63, 3.8) is 0 Å². The first kappa shape index (κ1) is 19.4. The molecule has 1 aliphatic rings. The van der Waals surface area contributed by atoms with Gasteiger partial charge in [0, 0.05) is 5.57 Å². The van der Waals surface area contributed by atoms with Gasteiger partial charge >= 0.3 is 0 Å². The molecule has 0 amide bonds. The Morgan fingerprint density at radius 2 is 1.75 bits per heavy atom. The first-order chi connectivity index (χ1) is 11.0. The predicted molar refractivity (Wildman–Crippen MR) is 97.7 cm³/mol. The average molecular weight is 409 g/mol. The standard InChI is InChI=1S/C16H16Cl3NO3S/c1-9(2)11-12(17)15(21)16(3,19)14(18)13(11)20-24(22,23)10-7-5-4-6-8-10/h4-9,14H,1-3H3/t14-,16+/m0/s1. The van der Waals surface area contributed by atoms with E-state index in [-0.39, 0.29) is 21.6 Å². The molecule has 4 nitrogen and oxygen atoms in total. The largest absolute Gasteiger partial charge is 0.291 e. The van der Waals surface area contributed by atoms with Gasteiger partial charge in [0.25, 0.3) is 10.0 Å². The predicted octanol–water partition coefficient (Wildman–Crippen LogP) is 4.15. The second kappa shape index (κ2) is 6.79. The van der Waals surface area contributed by atoms with Crippen LogP contribution < -0.4 is 0 Å². The molecule has 1 aromatic rings. The SMILES string of the molecule is CC(C)C1=C(Cl)C(=O)[C@](C)(Cl)[C@@H](Cl)C1=NS(=O)(=O)c1ccccc1. The van der Waals surface area contributed by atoms with E-state index in [1.54, 1.807) is 32.0 Å². The van der Waals surface area contributed by atoms with Gasteiger partial charge in [0.05, 0.1) is 15.6 Å². The van der Waals surface area contributed by atoms with Crippen LogP contribution in [0.1, 0.15) is 20.8 Å². The number of hydrogen-bond donors (Lipinski definition) is 0. The van der Waals surface area contributed by atoms with Crippen molar-refractivity contribution in [1.82, 2.24) is 0 Å². The van der Waals surface area contributed by atoms with E-state index in [1.807, 2.05) is 0 Å². The van der Waals surface area contributed by atoms with Gasteiger partial charge in [0.2, 0.25) is 0 Å². The number of ketones is 1. The molecular formula is C16H16Cl3NO3S. The van der Waals surface area contributed by atoms with Crippen LogP contribution in [0.5, 0.6) is 0 Å². The molecule has 0 N–H and O–H groups in total. The summed E-state index contributed by atoms with van der Waals surface area (Å²) in [6.07, 6.45) is 0. The zero-order chi connectivity index (χ0) is 18.3. The molecule has 0 aromatic heterocycles. The van der Waals surface area contributed by atoms with E-state index in [0.29, 0.717) is 5.57 Å². The molecular weight excluding hydrogens is 393 g/mol. The zero-order valence-corrected chi connectivity index (χ0v) is 16.3. The monoisotopic (exact) mass is 407 g/mol. The Hall–Kier alpha value is -0.880. The van der Waals surface area contributed by atoms with Crippen molar-refractivity contribution in [3.05, 3.63) is 40.9 Å². The first-order valence-electron chi connectivity index (χ1n) is 7.18. The van der Waals surface area contributed by atoms with Gasteiger partial charge < -0.3 is 0 Å². The molecule has 24 heavy (non-hydrogen) atoms. The fraction of sp³-hybridized carbons (Fsp3) is 0.375. The summed E-state index contributed by atoms with van der Waals surface area (Å²) >= 11 is 18.7. The van der Waals surface area contributed by atoms with E-state index in [4.69, 9.17) is 34.8 Å². The normalized spacial score (nSPS) is 27.2. The van der Waals surface area contributed by atoms with E-state index < -0.39 is 26.1 Å². The molecule has 8 heteroatoms. The summed E-state index contributed by atoms with van der Waals surface area (Å²) in [6, 6.07) is 7.73. The molecule has 0 unspecified atom stereocenters. The van der Waals surface area contributed by atoms with Gasteiger partial charge in [-0.2, -0.15) is 12.8 Å². The summed E-state index contributed by atoms with van der Waals surface area (Å²) in [5.41, 5.74) is 0.317. The van der Waals surface area contributed by atoms with Crippen LogP contribution in [0.15, 0.2) is 50.2 Å². The molecule has 2 rings (SSSR count).